The lowest BCUT2D eigenvalue weighted by molar-refractivity contribution is -0.134. The molecule has 118 valence electrons. The normalized spacial score (nSPS) is 18.6. The molecule has 2 unspecified atom stereocenters. The van der Waals surface area contributed by atoms with Crippen molar-refractivity contribution in [3.05, 3.63) is 35.4 Å². The summed E-state index contributed by atoms with van der Waals surface area (Å²) in [4.78, 5) is 12.4. The zero-order valence-electron chi connectivity index (χ0n) is 12.7. The molecule has 4 nitrogen and oxygen atoms in total. The third-order valence-electron chi connectivity index (χ3n) is 3.62. The van der Waals surface area contributed by atoms with Gasteiger partial charge in [0.2, 0.25) is 0 Å². The van der Waals surface area contributed by atoms with Gasteiger partial charge in [-0.05, 0) is 29.9 Å². The molecule has 0 radical (unpaired) electrons. The average Bonchev–Trinajstić information content (AvgIpc) is 2.45. The number of benzene rings is 1. The molecule has 1 amide bonds. The Hall–Kier alpha value is -1.10. The first-order chi connectivity index (χ1) is 9.61. The molecule has 0 bridgehead atoms. The standard InChI is InChI=1S/C16H24N2O2.ClH/c1-11(2)9-13(10-17)18-16(19)15-14-6-4-3-5-12(14)7-8-20-15;/h3-6,11,13,15H,7-10,17H2,1-2H3,(H,18,19);1H. The summed E-state index contributed by atoms with van der Waals surface area (Å²) in [6.07, 6.45) is 1.25. The highest BCUT2D eigenvalue weighted by molar-refractivity contribution is 5.85. The maximum absolute atomic E-state index is 12.4. The smallest absolute Gasteiger partial charge is 0.254 e. The first-order valence-corrected chi connectivity index (χ1v) is 7.31. The molecule has 21 heavy (non-hydrogen) atoms. The van der Waals surface area contributed by atoms with Gasteiger partial charge in [0.05, 0.1) is 6.61 Å². The molecule has 0 aromatic heterocycles. The van der Waals surface area contributed by atoms with Crippen molar-refractivity contribution in [2.45, 2.75) is 38.8 Å². The fraction of sp³-hybridized carbons (Fsp3) is 0.562. The van der Waals surface area contributed by atoms with Crippen LogP contribution >= 0.6 is 12.4 Å². The minimum absolute atomic E-state index is 0. The van der Waals surface area contributed by atoms with Gasteiger partial charge < -0.3 is 15.8 Å². The summed E-state index contributed by atoms with van der Waals surface area (Å²) in [6, 6.07) is 7.99. The van der Waals surface area contributed by atoms with Crippen LogP contribution in [0.5, 0.6) is 0 Å². The second-order valence-corrected chi connectivity index (χ2v) is 5.77. The number of nitrogens with two attached hydrogens (primary N) is 1. The highest BCUT2D eigenvalue weighted by Gasteiger charge is 2.28. The van der Waals surface area contributed by atoms with Crippen LogP contribution in [-0.4, -0.2) is 25.1 Å². The largest absolute Gasteiger partial charge is 0.363 e. The SMILES string of the molecule is CC(C)CC(CN)NC(=O)C1OCCc2ccccc21.Cl. The minimum Gasteiger partial charge on any atom is -0.363 e. The molecular weight excluding hydrogens is 288 g/mol. The highest BCUT2D eigenvalue weighted by atomic mass is 35.5. The monoisotopic (exact) mass is 312 g/mol. The second-order valence-electron chi connectivity index (χ2n) is 5.77. The van der Waals surface area contributed by atoms with Crippen LogP contribution in [-0.2, 0) is 16.0 Å². The van der Waals surface area contributed by atoms with Gasteiger partial charge in [-0.1, -0.05) is 38.1 Å². The zero-order valence-corrected chi connectivity index (χ0v) is 13.5. The average molecular weight is 313 g/mol. The molecule has 0 aliphatic carbocycles. The van der Waals surface area contributed by atoms with Crippen LogP contribution in [0.25, 0.3) is 0 Å². The van der Waals surface area contributed by atoms with Gasteiger partial charge in [0.25, 0.3) is 5.91 Å². The van der Waals surface area contributed by atoms with Crippen LogP contribution in [0.4, 0.5) is 0 Å². The zero-order chi connectivity index (χ0) is 14.5. The first kappa shape index (κ1) is 18.0. The van der Waals surface area contributed by atoms with Crippen molar-refractivity contribution in [3.63, 3.8) is 0 Å². The third kappa shape index (κ3) is 4.70. The number of nitrogens with one attached hydrogen (secondary N) is 1. The van der Waals surface area contributed by atoms with E-state index < -0.39 is 6.10 Å². The van der Waals surface area contributed by atoms with E-state index in [9.17, 15) is 4.79 Å². The minimum atomic E-state index is -0.499. The summed E-state index contributed by atoms with van der Waals surface area (Å²) in [5.41, 5.74) is 7.92. The summed E-state index contributed by atoms with van der Waals surface area (Å²) in [5, 5.41) is 3.02. The van der Waals surface area contributed by atoms with Crippen molar-refractivity contribution in [2.75, 3.05) is 13.2 Å². The van der Waals surface area contributed by atoms with Gasteiger partial charge in [-0.3, -0.25) is 4.79 Å². The van der Waals surface area contributed by atoms with Gasteiger partial charge >= 0.3 is 0 Å². The van der Waals surface area contributed by atoms with Crippen molar-refractivity contribution in [1.29, 1.82) is 0 Å². The van der Waals surface area contributed by atoms with Crippen molar-refractivity contribution in [3.8, 4) is 0 Å². The van der Waals surface area contributed by atoms with Crippen LogP contribution < -0.4 is 11.1 Å². The molecule has 0 saturated carbocycles. The topological polar surface area (TPSA) is 64.3 Å². The Morgan fingerprint density at radius 2 is 2.14 bits per heavy atom. The Kier molecular flexibility index (Phi) is 7.15. The van der Waals surface area contributed by atoms with Crippen molar-refractivity contribution < 1.29 is 9.53 Å². The van der Waals surface area contributed by atoms with Crippen molar-refractivity contribution >= 4 is 18.3 Å². The van der Waals surface area contributed by atoms with Gasteiger partial charge in [-0.25, -0.2) is 0 Å². The predicted molar refractivity (Wildman–Crippen MR) is 86.5 cm³/mol. The van der Waals surface area contributed by atoms with Crippen molar-refractivity contribution in [2.24, 2.45) is 11.7 Å². The summed E-state index contributed by atoms with van der Waals surface area (Å²) in [7, 11) is 0. The van der Waals surface area contributed by atoms with Crippen LogP contribution in [0.15, 0.2) is 24.3 Å². The summed E-state index contributed by atoms with van der Waals surface area (Å²) in [5.74, 6) is 0.427. The molecule has 1 aliphatic heterocycles. The number of fused-ring (bicyclic) bond motifs is 1. The Morgan fingerprint density at radius 1 is 1.43 bits per heavy atom. The van der Waals surface area contributed by atoms with Gasteiger partial charge in [-0.2, -0.15) is 0 Å². The number of hydrogen-bond donors (Lipinski definition) is 2. The number of carbonyl (C=O) groups is 1. The lowest BCUT2D eigenvalue weighted by atomic mass is 9.96. The van der Waals surface area contributed by atoms with Crippen LogP contribution in [0, 0.1) is 5.92 Å². The van der Waals surface area contributed by atoms with Crippen LogP contribution in [0.1, 0.15) is 37.5 Å². The van der Waals surface area contributed by atoms with E-state index in [-0.39, 0.29) is 24.4 Å². The lowest BCUT2D eigenvalue weighted by Gasteiger charge is -2.27. The Labute approximate surface area is 132 Å². The number of halogens is 1. The quantitative estimate of drug-likeness (QED) is 0.876. The lowest BCUT2D eigenvalue weighted by Crippen LogP contribution is -2.44. The fourth-order valence-corrected chi connectivity index (χ4v) is 2.67. The second kappa shape index (κ2) is 8.37. The molecule has 1 aromatic carbocycles. The molecular formula is C16H25ClN2O2. The van der Waals surface area contributed by atoms with E-state index in [0.29, 0.717) is 19.1 Å². The maximum atomic E-state index is 12.4. The van der Waals surface area contributed by atoms with E-state index in [1.165, 1.54) is 5.56 Å². The van der Waals surface area contributed by atoms with Gasteiger partial charge in [0.15, 0.2) is 6.10 Å². The molecule has 2 rings (SSSR count). The Bertz CT molecular complexity index is 465. The van der Waals surface area contributed by atoms with Crippen LogP contribution in [0.3, 0.4) is 0 Å². The summed E-state index contributed by atoms with van der Waals surface area (Å²) >= 11 is 0. The third-order valence-corrected chi connectivity index (χ3v) is 3.62. The van der Waals surface area contributed by atoms with Crippen LogP contribution in [0.2, 0.25) is 0 Å². The predicted octanol–water partition coefficient (Wildman–Crippen LogP) is 2.21. The van der Waals surface area contributed by atoms with E-state index >= 15 is 0 Å². The summed E-state index contributed by atoms with van der Waals surface area (Å²) in [6.45, 7) is 5.30. The van der Waals surface area contributed by atoms with E-state index in [4.69, 9.17) is 10.5 Å². The van der Waals surface area contributed by atoms with Crippen molar-refractivity contribution in [1.82, 2.24) is 5.32 Å². The van der Waals surface area contributed by atoms with E-state index in [1.54, 1.807) is 0 Å². The Morgan fingerprint density at radius 3 is 2.81 bits per heavy atom. The molecule has 0 saturated heterocycles. The van der Waals surface area contributed by atoms with Gasteiger partial charge in [-0.15, -0.1) is 12.4 Å². The molecule has 3 N–H and O–H groups in total. The Balaban J connectivity index is 0.00000220. The van der Waals surface area contributed by atoms with E-state index in [2.05, 4.69) is 25.2 Å². The first-order valence-electron chi connectivity index (χ1n) is 7.31. The molecule has 0 spiro atoms. The number of rotatable bonds is 5. The molecule has 1 heterocycles. The van der Waals surface area contributed by atoms with E-state index in [1.807, 2.05) is 18.2 Å². The highest BCUT2D eigenvalue weighted by Crippen LogP contribution is 2.27. The number of ether oxygens (including phenoxy) is 1. The molecule has 2 atom stereocenters. The summed E-state index contributed by atoms with van der Waals surface area (Å²) < 4.78 is 5.66. The van der Waals surface area contributed by atoms with E-state index in [0.717, 1.165) is 18.4 Å². The van der Waals surface area contributed by atoms with Gasteiger partial charge in [0.1, 0.15) is 0 Å². The fourth-order valence-electron chi connectivity index (χ4n) is 2.67. The molecule has 1 aromatic rings. The number of amides is 1. The van der Waals surface area contributed by atoms with Gasteiger partial charge in [0, 0.05) is 12.6 Å². The maximum Gasteiger partial charge on any atom is 0.254 e. The number of carbonyl (C=O) groups excluding carboxylic acids is 1. The molecule has 0 fully saturated rings. The molecule has 5 heteroatoms. The molecule has 1 aliphatic rings. The number of hydrogen-bond acceptors (Lipinski definition) is 3.